The molecule has 6 nitrogen and oxygen atoms in total. The van der Waals surface area contributed by atoms with Crippen molar-refractivity contribution >= 4 is 33.8 Å². The Morgan fingerprint density at radius 1 is 1.03 bits per heavy atom. The summed E-state index contributed by atoms with van der Waals surface area (Å²) in [5, 5.41) is 4.56. The molecule has 2 aromatic carbocycles. The van der Waals surface area contributed by atoms with Crippen molar-refractivity contribution in [3.63, 3.8) is 0 Å². The molecule has 1 aliphatic rings. The Morgan fingerprint density at radius 3 is 2.52 bits per heavy atom. The first-order valence-electron chi connectivity index (χ1n) is 10.0. The summed E-state index contributed by atoms with van der Waals surface area (Å²) in [7, 11) is 0. The van der Waals surface area contributed by atoms with Crippen molar-refractivity contribution in [3.05, 3.63) is 77.2 Å². The number of likely N-dealkylation sites (tertiary alicyclic amines) is 1. The van der Waals surface area contributed by atoms with E-state index in [1.165, 1.54) is 23.5 Å². The van der Waals surface area contributed by atoms with Crippen LogP contribution in [0.25, 0.3) is 16.2 Å². The third kappa shape index (κ3) is 3.70. The van der Waals surface area contributed by atoms with Crippen molar-refractivity contribution in [2.75, 3.05) is 18.4 Å². The van der Waals surface area contributed by atoms with Crippen LogP contribution < -0.4 is 5.32 Å². The highest BCUT2D eigenvalue weighted by atomic mass is 32.1. The smallest absolute Gasteiger partial charge is 0.271 e. The molecule has 4 aromatic rings. The van der Waals surface area contributed by atoms with Gasteiger partial charge in [0.2, 0.25) is 0 Å². The van der Waals surface area contributed by atoms with Crippen molar-refractivity contribution in [3.8, 4) is 11.3 Å². The molecule has 0 spiro atoms. The molecule has 0 unspecified atom stereocenters. The highest BCUT2D eigenvalue weighted by molar-refractivity contribution is 7.15. The standard InChI is InChI=1S/C23H19FN4O2S/c24-18-6-2-1-5-17(18)21(29)25-16-9-7-15(8-10-16)19-13-28-20(14-31-23(28)26-19)22(30)27-11-3-4-12-27/h1-2,5-10,13-14H,3-4,11-12H2,(H,25,29). The largest absolute Gasteiger partial charge is 0.337 e. The number of halogens is 1. The van der Waals surface area contributed by atoms with E-state index in [-0.39, 0.29) is 11.5 Å². The van der Waals surface area contributed by atoms with E-state index in [0.717, 1.165) is 42.1 Å². The predicted octanol–water partition coefficient (Wildman–Crippen LogP) is 4.69. The number of carbonyl (C=O) groups excluding carboxylic acids is 2. The zero-order chi connectivity index (χ0) is 21.4. The topological polar surface area (TPSA) is 66.7 Å². The van der Waals surface area contributed by atoms with Gasteiger partial charge in [0.25, 0.3) is 11.8 Å². The molecule has 0 bridgehead atoms. The highest BCUT2D eigenvalue weighted by Crippen LogP contribution is 2.26. The Bertz CT molecular complexity index is 1270. The van der Waals surface area contributed by atoms with Gasteiger partial charge < -0.3 is 10.2 Å². The molecule has 31 heavy (non-hydrogen) atoms. The third-order valence-corrected chi connectivity index (χ3v) is 6.22. The van der Waals surface area contributed by atoms with Crippen LogP contribution in [0, 0.1) is 5.82 Å². The van der Waals surface area contributed by atoms with Crippen LogP contribution in [0.15, 0.2) is 60.1 Å². The number of imidazole rings is 1. The lowest BCUT2D eigenvalue weighted by Gasteiger charge is -2.13. The molecule has 3 heterocycles. The van der Waals surface area contributed by atoms with Gasteiger partial charge in [0.15, 0.2) is 4.96 Å². The summed E-state index contributed by atoms with van der Waals surface area (Å²) in [5.74, 6) is -1.02. The molecule has 0 radical (unpaired) electrons. The van der Waals surface area contributed by atoms with Gasteiger partial charge in [0.05, 0.1) is 11.3 Å². The van der Waals surface area contributed by atoms with E-state index in [1.54, 1.807) is 24.3 Å². The first kappa shape index (κ1) is 19.4. The van der Waals surface area contributed by atoms with Gasteiger partial charge in [0, 0.05) is 35.9 Å². The average molecular weight is 434 g/mol. The van der Waals surface area contributed by atoms with Gasteiger partial charge in [-0.05, 0) is 37.1 Å². The van der Waals surface area contributed by atoms with Crippen LogP contribution in [0.4, 0.5) is 10.1 Å². The molecule has 1 saturated heterocycles. The van der Waals surface area contributed by atoms with Crippen molar-refractivity contribution in [1.29, 1.82) is 0 Å². The second-order valence-electron chi connectivity index (χ2n) is 7.41. The lowest BCUT2D eigenvalue weighted by molar-refractivity contribution is 0.0786. The Balaban J connectivity index is 1.35. The van der Waals surface area contributed by atoms with E-state index in [0.29, 0.717) is 11.4 Å². The number of nitrogens with one attached hydrogen (secondary N) is 1. The van der Waals surface area contributed by atoms with Crippen molar-refractivity contribution in [1.82, 2.24) is 14.3 Å². The van der Waals surface area contributed by atoms with Gasteiger partial charge in [-0.3, -0.25) is 14.0 Å². The van der Waals surface area contributed by atoms with Gasteiger partial charge in [-0.15, -0.1) is 11.3 Å². The molecular formula is C23H19FN4O2S. The minimum atomic E-state index is -0.561. The molecule has 2 amide bonds. The second kappa shape index (κ2) is 7.96. The molecule has 5 rings (SSSR count). The number of hydrogen-bond acceptors (Lipinski definition) is 4. The molecule has 1 N–H and O–H groups in total. The number of thiazole rings is 1. The van der Waals surface area contributed by atoms with Gasteiger partial charge in [-0.1, -0.05) is 24.3 Å². The van der Waals surface area contributed by atoms with Crippen LogP contribution in [-0.4, -0.2) is 39.2 Å². The zero-order valence-electron chi connectivity index (χ0n) is 16.5. The maximum absolute atomic E-state index is 13.8. The molecule has 8 heteroatoms. The number of benzene rings is 2. The van der Waals surface area contributed by atoms with Gasteiger partial charge in [0.1, 0.15) is 11.5 Å². The number of amides is 2. The van der Waals surface area contributed by atoms with Crippen LogP contribution in [0.2, 0.25) is 0 Å². The van der Waals surface area contributed by atoms with Crippen molar-refractivity contribution in [2.45, 2.75) is 12.8 Å². The van der Waals surface area contributed by atoms with Crippen LogP contribution in [-0.2, 0) is 0 Å². The summed E-state index contributed by atoms with van der Waals surface area (Å²) in [6, 6.07) is 13.0. The average Bonchev–Trinajstić information content (AvgIpc) is 3.51. The number of aromatic nitrogens is 2. The van der Waals surface area contributed by atoms with Crippen LogP contribution in [0.1, 0.15) is 33.7 Å². The summed E-state index contributed by atoms with van der Waals surface area (Å²) in [6.45, 7) is 1.61. The van der Waals surface area contributed by atoms with Crippen LogP contribution in [0.5, 0.6) is 0 Å². The number of hydrogen-bond donors (Lipinski definition) is 1. The second-order valence-corrected chi connectivity index (χ2v) is 8.25. The first-order chi connectivity index (χ1) is 15.1. The van der Waals surface area contributed by atoms with Gasteiger partial charge in [-0.2, -0.15) is 0 Å². The molecule has 156 valence electrons. The quantitative estimate of drug-likeness (QED) is 0.507. The molecule has 0 atom stereocenters. The molecule has 1 aliphatic heterocycles. The molecule has 0 aliphatic carbocycles. The summed E-state index contributed by atoms with van der Waals surface area (Å²) in [6.07, 6.45) is 3.96. The Morgan fingerprint density at radius 2 is 1.77 bits per heavy atom. The van der Waals surface area contributed by atoms with Crippen molar-refractivity contribution < 1.29 is 14.0 Å². The minimum Gasteiger partial charge on any atom is -0.337 e. The summed E-state index contributed by atoms with van der Waals surface area (Å²) in [5.41, 5.74) is 2.79. The predicted molar refractivity (Wildman–Crippen MR) is 118 cm³/mol. The Labute approximate surface area is 182 Å². The highest BCUT2D eigenvalue weighted by Gasteiger charge is 2.23. The van der Waals surface area contributed by atoms with E-state index in [1.807, 2.05) is 33.0 Å². The summed E-state index contributed by atoms with van der Waals surface area (Å²) < 4.78 is 15.6. The van der Waals surface area contributed by atoms with Crippen LogP contribution in [0.3, 0.4) is 0 Å². The number of fused-ring (bicyclic) bond motifs is 1. The fourth-order valence-corrected chi connectivity index (χ4v) is 4.57. The number of carbonyl (C=O) groups is 2. The van der Waals surface area contributed by atoms with Gasteiger partial charge in [-0.25, -0.2) is 9.37 Å². The van der Waals surface area contributed by atoms with Crippen molar-refractivity contribution in [2.24, 2.45) is 0 Å². The van der Waals surface area contributed by atoms with E-state index < -0.39 is 11.7 Å². The Hall–Kier alpha value is -3.52. The fourth-order valence-electron chi connectivity index (χ4n) is 3.73. The van der Waals surface area contributed by atoms with E-state index in [4.69, 9.17) is 0 Å². The number of nitrogens with zero attached hydrogens (tertiary/aromatic N) is 3. The molecular weight excluding hydrogens is 415 g/mol. The monoisotopic (exact) mass is 434 g/mol. The molecule has 1 fully saturated rings. The number of anilines is 1. The Kier molecular flexibility index (Phi) is 4.99. The first-order valence-corrected chi connectivity index (χ1v) is 10.9. The maximum atomic E-state index is 13.8. The lowest BCUT2D eigenvalue weighted by Crippen LogP contribution is -2.28. The summed E-state index contributed by atoms with van der Waals surface area (Å²) in [4.78, 5) is 32.3. The van der Waals surface area contributed by atoms with Gasteiger partial charge >= 0.3 is 0 Å². The maximum Gasteiger partial charge on any atom is 0.271 e. The van der Waals surface area contributed by atoms with E-state index in [2.05, 4.69) is 10.3 Å². The molecule has 2 aromatic heterocycles. The van der Waals surface area contributed by atoms with E-state index >= 15 is 0 Å². The normalized spacial score (nSPS) is 13.6. The third-order valence-electron chi connectivity index (χ3n) is 5.38. The SMILES string of the molecule is O=C(Nc1ccc(-c2cn3c(C(=O)N4CCCC4)csc3n2)cc1)c1ccccc1F. The fraction of sp³-hybridized carbons (Fsp3) is 0.174. The van der Waals surface area contributed by atoms with Crippen LogP contribution >= 0.6 is 11.3 Å². The van der Waals surface area contributed by atoms with E-state index in [9.17, 15) is 14.0 Å². The zero-order valence-corrected chi connectivity index (χ0v) is 17.4. The minimum absolute atomic E-state index is 0.00360. The summed E-state index contributed by atoms with van der Waals surface area (Å²) >= 11 is 1.44. The lowest BCUT2D eigenvalue weighted by atomic mass is 10.1. The number of rotatable bonds is 4. The molecule has 0 saturated carbocycles.